The molecule has 162 valence electrons. The van der Waals surface area contributed by atoms with Crippen LogP contribution in [0.2, 0.25) is 0 Å². The first-order chi connectivity index (χ1) is 16.3. The lowest BCUT2D eigenvalue weighted by Gasteiger charge is -2.33. The van der Waals surface area contributed by atoms with Gasteiger partial charge in [0.05, 0.1) is 0 Å². The number of rotatable bonds is 6. The highest BCUT2D eigenvalue weighted by Crippen LogP contribution is 2.58. The highest BCUT2D eigenvalue weighted by molar-refractivity contribution is 6.30. The predicted octanol–water partition coefficient (Wildman–Crippen LogP) is 7.21. The van der Waals surface area contributed by atoms with Gasteiger partial charge in [-0.25, -0.2) is 0 Å². The Morgan fingerprint density at radius 1 is 0.394 bits per heavy atom. The fourth-order valence-electron chi connectivity index (χ4n) is 4.86. The van der Waals surface area contributed by atoms with Crippen LogP contribution in [0.25, 0.3) is 22.3 Å². The zero-order chi connectivity index (χ0) is 22.7. The van der Waals surface area contributed by atoms with E-state index in [0.717, 1.165) is 44.5 Å². The van der Waals surface area contributed by atoms with E-state index in [9.17, 15) is 0 Å². The monoisotopic (exact) mass is 430 g/mol. The van der Waals surface area contributed by atoms with Crippen molar-refractivity contribution >= 4 is 22.3 Å². The molecule has 0 bridgehead atoms. The Bertz CT molecular complexity index is 1180. The molecule has 0 heterocycles. The van der Waals surface area contributed by atoms with E-state index in [1.165, 1.54) is 0 Å². The van der Waals surface area contributed by atoms with Gasteiger partial charge >= 0.3 is 0 Å². The van der Waals surface area contributed by atoms with Crippen LogP contribution in [0.4, 0.5) is 0 Å². The Hall–Kier alpha value is -3.72. The van der Waals surface area contributed by atoms with Crippen molar-refractivity contribution in [2.75, 3.05) is 14.2 Å². The van der Waals surface area contributed by atoms with Gasteiger partial charge in [-0.3, -0.25) is 0 Å². The SMILES string of the molecule is COC1(OC)C(c2ccccc2)=C(c2ccccc2)C(c2ccccc2)=C1c1ccccc1. The van der Waals surface area contributed by atoms with Crippen LogP contribution in [0, 0.1) is 0 Å². The Kier molecular flexibility index (Phi) is 5.78. The van der Waals surface area contributed by atoms with E-state index >= 15 is 0 Å². The second kappa shape index (κ2) is 9.03. The Balaban J connectivity index is 1.97. The minimum Gasteiger partial charge on any atom is -0.345 e. The van der Waals surface area contributed by atoms with Gasteiger partial charge in [-0.05, 0) is 33.4 Å². The molecule has 0 aromatic heterocycles. The molecule has 0 unspecified atom stereocenters. The molecule has 4 aromatic rings. The zero-order valence-corrected chi connectivity index (χ0v) is 18.9. The first-order valence-electron chi connectivity index (χ1n) is 11.1. The standard InChI is InChI=1S/C31H26O2/c1-32-31(33-2)29(25-19-11-5-12-20-25)27(23-15-7-3-8-16-23)28(24-17-9-4-10-18-24)30(31)26-21-13-6-14-22-26/h3-22H,1-2H3. The molecular weight excluding hydrogens is 404 g/mol. The van der Waals surface area contributed by atoms with Crippen molar-refractivity contribution in [1.82, 2.24) is 0 Å². The van der Waals surface area contributed by atoms with E-state index in [2.05, 4.69) is 97.1 Å². The van der Waals surface area contributed by atoms with Crippen molar-refractivity contribution in [2.24, 2.45) is 0 Å². The first-order valence-corrected chi connectivity index (χ1v) is 11.1. The maximum absolute atomic E-state index is 6.35. The topological polar surface area (TPSA) is 18.5 Å². The maximum atomic E-state index is 6.35. The van der Waals surface area contributed by atoms with E-state index in [1.807, 2.05) is 24.3 Å². The Morgan fingerprint density at radius 2 is 0.667 bits per heavy atom. The summed E-state index contributed by atoms with van der Waals surface area (Å²) < 4.78 is 12.7. The van der Waals surface area contributed by atoms with Gasteiger partial charge < -0.3 is 9.47 Å². The van der Waals surface area contributed by atoms with Crippen LogP contribution in [-0.4, -0.2) is 20.0 Å². The quantitative estimate of drug-likeness (QED) is 0.301. The van der Waals surface area contributed by atoms with Gasteiger partial charge in [0.2, 0.25) is 5.79 Å². The molecule has 0 N–H and O–H groups in total. The summed E-state index contributed by atoms with van der Waals surface area (Å²) in [6.45, 7) is 0. The summed E-state index contributed by atoms with van der Waals surface area (Å²) in [4.78, 5) is 0. The molecule has 2 heteroatoms. The van der Waals surface area contributed by atoms with E-state index < -0.39 is 5.79 Å². The molecule has 33 heavy (non-hydrogen) atoms. The fraction of sp³-hybridized carbons (Fsp3) is 0.0968. The molecule has 1 aliphatic rings. The molecule has 0 atom stereocenters. The molecule has 0 fully saturated rings. The van der Waals surface area contributed by atoms with Crippen molar-refractivity contribution in [3.05, 3.63) is 144 Å². The number of allylic oxidation sites excluding steroid dienone is 2. The van der Waals surface area contributed by atoms with Crippen molar-refractivity contribution in [3.8, 4) is 0 Å². The average molecular weight is 431 g/mol. The minimum atomic E-state index is -1.07. The number of hydrogen-bond donors (Lipinski definition) is 0. The minimum absolute atomic E-state index is 1.01. The first kappa shape index (κ1) is 21.1. The number of ether oxygens (including phenoxy) is 2. The lowest BCUT2D eigenvalue weighted by Crippen LogP contribution is -2.35. The van der Waals surface area contributed by atoms with Gasteiger partial charge in [-0.1, -0.05) is 121 Å². The van der Waals surface area contributed by atoms with Crippen LogP contribution >= 0.6 is 0 Å². The van der Waals surface area contributed by atoms with E-state index in [4.69, 9.17) is 9.47 Å². The van der Waals surface area contributed by atoms with Crippen molar-refractivity contribution in [1.29, 1.82) is 0 Å². The van der Waals surface area contributed by atoms with Gasteiger partial charge in [0.1, 0.15) is 0 Å². The summed E-state index contributed by atoms with van der Waals surface area (Å²) in [5, 5.41) is 0. The second-order valence-corrected chi connectivity index (χ2v) is 7.99. The van der Waals surface area contributed by atoms with E-state index in [0.29, 0.717) is 0 Å². The molecule has 2 nitrogen and oxygen atoms in total. The smallest absolute Gasteiger partial charge is 0.224 e. The maximum Gasteiger partial charge on any atom is 0.224 e. The lowest BCUT2D eigenvalue weighted by molar-refractivity contribution is -0.114. The third-order valence-corrected chi connectivity index (χ3v) is 6.23. The Morgan fingerprint density at radius 3 is 0.939 bits per heavy atom. The highest BCUT2D eigenvalue weighted by Gasteiger charge is 2.49. The molecule has 0 saturated heterocycles. The molecule has 0 aliphatic heterocycles. The van der Waals surface area contributed by atoms with E-state index in [-0.39, 0.29) is 0 Å². The summed E-state index contributed by atoms with van der Waals surface area (Å²) in [7, 11) is 3.46. The summed E-state index contributed by atoms with van der Waals surface area (Å²) in [5.41, 5.74) is 8.65. The fourth-order valence-corrected chi connectivity index (χ4v) is 4.86. The third kappa shape index (κ3) is 3.54. The second-order valence-electron chi connectivity index (χ2n) is 7.99. The van der Waals surface area contributed by atoms with Gasteiger partial charge in [0, 0.05) is 25.4 Å². The third-order valence-electron chi connectivity index (χ3n) is 6.23. The molecule has 0 spiro atoms. The number of methoxy groups -OCH3 is 2. The van der Waals surface area contributed by atoms with Gasteiger partial charge in [0.25, 0.3) is 0 Å². The van der Waals surface area contributed by atoms with Gasteiger partial charge in [-0.2, -0.15) is 0 Å². The van der Waals surface area contributed by atoms with Crippen molar-refractivity contribution < 1.29 is 9.47 Å². The molecule has 0 saturated carbocycles. The lowest BCUT2D eigenvalue weighted by atomic mass is 9.89. The van der Waals surface area contributed by atoms with E-state index in [1.54, 1.807) is 14.2 Å². The Labute approximate surface area is 195 Å². The molecule has 0 radical (unpaired) electrons. The van der Waals surface area contributed by atoms with Crippen LogP contribution < -0.4 is 0 Å². The summed E-state index contributed by atoms with van der Waals surface area (Å²) >= 11 is 0. The van der Waals surface area contributed by atoms with Crippen LogP contribution in [-0.2, 0) is 9.47 Å². The van der Waals surface area contributed by atoms with Gasteiger partial charge in [-0.15, -0.1) is 0 Å². The average Bonchev–Trinajstić information content (AvgIpc) is 3.22. The van der Waals surface area contributed by atoms with Crippen molar-refractivity contribution in [3.63, 3.8) is 0 Å². The molecule has 5 rings (SSSR count). The molecule has 1 aliphatic carbocycles. The summed E-state index contributed by atoms with van der Waals surface area (Å²) in [6, 6.07) is 41.9. The van der Waals surface area contributed by atoms with Crippen LogP contribution in [0.5, 0.6) is 0 Å². The number of benzene rings is 4. The molecule has 0 amide bonds. The molecule has 4 aromatic carbocycles. The largest absolute Gasteiger partial charge is 0.345 e. The summed E-state index contributed by atoms with van der Waals surface area (Å²) in [6.07, 6.45) is 0. The summed E-state index contributed by atoms with van der Waals surface area (Å²) in [5.74, 6) is -1.07. The normalized spacial score (nSPS) is 15.2. The van der Waals surface area contributed by atoms with Crippen LogP contribution in [0.15, 0.2) is 121 Å². The number of hydrogen-bond acceptors (Lipinski definition) is 2. The van der Waals surface area contributed by atoms with Crippen molar-refractivity contribution in [2.45, 2.75) is 5.79 Å². The van der Waals surface area contributed by atoms with Crippen LogP contribution in [0.1, 0.15) is 22.3 Å². The van der Waals surface area contributed by atoms with Crippen LogP contribution in [0.3, 0.4) is 0 Å². The van der Waals surface area contributed by atoms with Gasteiger partial charge in [0.15, 0.2) is 0 Å². The molecular formula is C31H26O2. The highest BCUT2D eigenvalue weighted by atomic mass is 16.7. The predicted molar refractivity (Wildman–Crippen MR) is 136 cm³/mol. The zero-order valence-electron chi connectivity index (χ0n) is 18.9.